The number of rotatable bonds is 7. The monoisotopic (exact) mass is 312 g/mol. The molecule has 118 valence electrons. The van der Waals surface area contributed by atoms with Gasteiger partial charge in [0.05, 0.1) is 11.5 Å². The fourth-order valence-electron chi connectivity index (χ4n) is 2.28. The summed E-state index contributed by atoms with van der Waals surface area (Å²) in [4.78, 5) is 0.358. The molecule has 1 aliphatic heterocycles. The predicted octanol–water partition coefficient (Wildman–Crippen LogP) is 1.50. The van der Waals surface area contributed by atoms with Gasteiger partial charge >= 0.3 is 0 Å². The first-order chi connectivity index (χ1) is 9.99. The van der Waals surface area contributed by atoms with Gasteiger partial charge in [-0.15, -0.1) is 0 Å². The minimum Gasteiger partial charge on any atom is -0.381 e. The molecule has 1 heterocycles. The van der Waals surface area contributed by atoms with Crippen LogP contribution in [0, 0.1) is 5.92 Å². The second-order valence-corrected chi connectivity index (χ2v) is 7.46. The van der Waals surface area contributed by atoms with E-state index in [1.54, 1.807) is 12.1 Å². The summed E-state index contributed by atoms with van der Waals surface area (Å²) in [6.45, 7) is 6.42. The Balaban J connectivity index is 2.07. The van der Waals surface area contributed by atoms with Crippen molar-refractivity contribution in [3.63, 3.8) is 0 Å². The van der Waals surface area contributed by atoms with Crippen LogP contribution in [0.1, 0.15) is 25.8 Å². The van der Waals surface area contributed by atoms with Crippen LogP contribution < -0.4 is 10.0 Å². The maximum absolute atomic E-state index is 12.5. The first-order valence-corrected chi connectivity index (χ1v) is 8.86. The van der Waals surface area contributed by atoms with E-state index in [0.29, 0.717) is 30.6 Å². The van der Waals surface area contributed by atoms with E-state index in [0.717, 1.165) is 18.6 Å². The normalized spacial score (nSPS) is 19.3. The highest BCUT2D eigenvalue weighted by Crippen LogP contribution is 2.17. The van der Waals surface area contributed by atoms with Crippen molar-refractivity contribution < 1.29 is 13.2 Å². The highest BCUT2D eigenvalue weighted by molar-refractivity contribution is 7.89. The van der Waals surface area contributed by atoms with Gasteiger partial charge in [0.1, 0.15) is 0 Å². The Morgan fingerprint density at radius 3 is 2.76 bits per heavy atom. The van der Waals surface area contributed by atoms with Crippen molar-refractivity contribution in [3.8, 4) is 0 Å². The van der Waals surface area contributed by atoms with E-state index in [-0.39, 0.29) is 5.92 Å². The minimum atomic E-state index is -3.47. The van der Waals surface area contributed by atoms with Gasteiger partial charge in [0, 0.05) is 25.7 Å². The van der Waals surface area contributed by atoms with Crippen LogP contribution in [0.15, 0.2) is 29.2 Å². The molecule has 1 saturated heterocycles. The summed E-state index contributed by atoms with van der Waals surface area (Å²) >= 11 is 0. The minimum absolute atomic E-state index is 0.278. The van der Waals surface area contributed by atoms with Gasteiger partial charge in [-0.2, -0.15) is 0 Å². The molecule has 1 aromatic carbocycles. The van der Waals surface area contributed by atoms with Crippen molar-refractivity contribution in [2.45, 2.75) is 37.8 Å². The molecule has 2 N–H and O–H groups in total. The van der Waals surface area contributed by atoms with Gasteiger partial charge in [0.2, 0.25) is 10.0 Å². The van der Waals surface area contributed by atoms with Crippen molar-refractivity contribution in [1.29, 1.82) is 0 Å². The second-order valence-electron chi connectivity index (χ2n) is 5.72. The predicted molar refractivity (Wildman–Crippen MR) is 82.5 cm³/mol. The fraction of sp³-hybridized carbons (Fsp3) is 0.600. The van der Waals surface area contributed by atoms with E-state index < -0.39 is 10.0 Å². The SMILES string of the molecule is CC(C)NCc1ccccc1S(=O)(=O)NCC1CCOC1. The third kappa shape index (κ3) is 4.78. The van der Waals surface area contributed by atoms with Crippen molar-refractivity contribution in [3.05, 3.63) is 29.8 Å². The fourth-order valence-corrected chi connectivity index (χ4v) is 3.63. The maximum atomic E-state index is 12.5. The zero-order valence-corrected chi connectivity index (χ0v) is 13.4. The largest absolute Gasteiger partial charge is 0.381 e. The highest BCUT2D eigenvalue weighted by Gasteiger charge is 2.22. The van der Waals surface area contributed by atoms with Crippen molar-refractivity contribution in [2.24, 2.45) is 5.92 Å². The molecule has 1 atom stereocenters. The number of nitrogens with one attached hydrogen (secondary N) is 2. The lowest BCUT2D eigenvalue weighted by atomic mass is 10.1. The molecule has 21 heavy (non-hydrogen) atoms. The Morgan fingerprint density at radius 1 is 1.33 bits per heavy atom. The quantitative estimate of drug-likeness (QED) is 0.801. The molecule has 0 amide bonds. The molecule has 2 rings (SSSR count). The smallest absolute Gasteiger partial charge is 0.240 e. The Bertz CT molecular complexity index is 552. The van der Waals surface area contributed by atoms with Gasteiger partial charge in [0.25, 0.3) is 0 Å². The summed E-state index contributed by atoms with van der Waals surface area (Å²) in [5.41, 5.74) is 0.793. The molecule has 0 aromatic heterocycles. The molecule has 5 nitrogen and oxygen atoms in total. The van der Waals surface area contributed by atoms with Gasteiger partial charge < -0.3 is 10.1 Å². The Morgan fingerprint density at radius 2 is 2.10 bits per heavy atom. The van der Waals surface area contributed by atoms with Crippen LogP contribution in [-0.4, -0.2) is 34.2 Å². The molecule has 0 spiro atoms. The third-order valence-electron chi connectivity index (χ3n) is 3.55. The van der Waals surface area contributed by atoms with Crippen LogP contribution in [0.25, 0.3) is 0 Å². The zero-order chi connectivity index (χ0) is 15.3. The van der Waals surface area contributed by atoms with Gasteiger partial charge in [0.15, 0.2) is 0 Å². The summed E-state index contributed by atoms with van der Waals surface area (Å²) in [5, 5.41) is 3.26. The lowest BCUT2D eigenvalue weighted by Crippen LogP contribution is -2.31. The van der Waals surface area contributed by atoms with Crippen LogP contribution in [0.3, 0.4) is 0 Å². The first-order valence-electron chi connectivity index (χ1n) is 7.38. The number of hydrogen-bond acceptors (Lipinski definition) is 4. The van der Waals surface area contributed by atoms with Crippen LogP contribution in [0.2, 0.25) is 0 Å². The van der Waals surface area contributed by atoms with Crippen LogP contribution in [0.5, 0.6) is 0 Å². The van der Waals surface area contributed by atoms with E-state index in [2.05, 4.69) is 10.0 Å². The number of ether oxygens (including phenoxy) is 1. The van der Waals surface area contributed by atoms with Crippen molar-refractivity contribution >= 4 is 10.0 Å². The van der Waals surface area contributed by atoms with E-state index in [9.17, 15) is 8.42 Å². The van der Waals surface area contributed by atoms with Gasteiger partial charge in [-0.25, -0.2) is 13.1 Å². The van der Waals surface area contributed by atoms with Crippen molar-refractivity contribution in [1.82, 2.24) is 10.0 Å². The molecular weight excluding hydrogens is 288 g/mol. The summed E-state index contributed by atoms with van der Waals surface area (Å²) in [5.74, 6) is 0.278. The molecule has 1 unspecified atom stereocenters. The molecule has 1 aliphatic rings. The van der Waals surface area contributed by atoms with E-state index in [4.69, 9.17) is 4.74 Å². The average molecular weight is 312 g/mol. The topological polar surface area (TPSA) is 67.4 Å². The number of hydrogen-bond donors (Lipinski definition) is 2. The molecule has 0 saturated carbocycles. The first kappa shape index (κ1) is 16.4. The summed E-state index contributed by atoms with van der Waals surface area (Å²) < 4.78 is 32.9. The maximum Gasteiger partial charge on any atom is 0.240 e. The lowest BCUT2D eigenvalue weighted by molar-refractivity contribution is 0.186. The summed E-state index contributed by atoms with van der Waals surface area (Å²) in [6.07, 6.45) is 0.916. The Labute approximate surface area is 127 Å². The number of benzene rings is 1. The van der Waals surface area contributed by atoms with E-state index in [1.165, 1.54) is 0 Å². The molecule has 1 fully saturated rings. The highest BCUT2D eigenvalue weighted by atomic mass is 32.2. The Hall–Kier alpha value is -0.950. The summed E-state index contributed by atoms with van der Waals surface area (Å²) in [6, 6.07) is 7.44. The van der Waals surface area contributed by atoms with Crippen LogP contribution >= 0.6 is 0 Å². The Kier molecular flexibility index (Phi) is 5.75. The van der Waals surface area contributed by atoms with Gasteiger partial charge in [-0.3, -0.25) is 0 Å². The standard InChI is InChI=1S/C15H24N2O3S/c1-12(2)16-10-14-5-3-4-6-15(14)21(18,19)17-9-13-7-8-20-11-13/h3-6,12-13,16-17H,7-11H2,1-2H3. The molecule has 6 heteroatoms. The third-order valence-corrected chi connectivity index (χ3v) is 5.07. The van der Waals surface area contributed by atoms with Crippen LogP contribution in [0.4, 0.5) is 0 Å². The summed E-state index contributed by atoms with van der Waals surface area (Å²) in [7, 11) is -3.47. The average Bonchev–Trinajstić information content (AvgIpc) is 2.97. The molecule has 0 aliphatic carbocycles. The molecule has 0 radical (unpaired) electrons. The molecule has 1 aromatic rings. The number of sulfonamides is 1. The van der Waals surface area contributed by atoms with Crippen molar-refractivity contribution in [2.75, 3.05) is 19.8 Å². The molecule has 0 bridgehead atoms. The lowest BCUT2D eigenvalue weighted by Gasteiger charge is -2.15. The van der Waals surface area contributed by atoms with E-state index in [1.807, 2.05) is 26.0 Å². The van der Waals surface area contributed by atoms with Gasteiger partial charge in [-0.05, 0) is 24.0 Å². The molecular formula is C15H24N2O3S. The van der Waals surface area contributed by atoms with Gasteiger partial charge in [-0.1, -0.05) is 32.0 Å². The zero-order valence-electron chi connectivity index (χ0n) is 12.6. The van der Waals surface area contributed by atoms with Crippen LogP contribution in [-0.2, 0) is 21.3 Å². The van der Waals surface area contributed by atoms with E-state index >= 15 is 0 Å². The second kappa shape index (κ2) is 7.35.